The van der Waals surface area contributed by atoms with Crippen LogP contribution in [-0.4, -0.2) is 11.0 Å². The molecule has 6 nitrogen and oxygen atoms in total. The Kier molecular flexibility index (Phi) is 2.26. The second-order valence-electron chi connectivity index (χ2n) is 3.01. The van der Waals surface area contributed by atoms with Crippen molar-refractivity contribution in [2.75, 3.05) is 5.32 Å². The summed E-state index contributed by atoms with van der Waals surface area (Å²) in [4.78, 5) is 15.1. The fourth-order valence-corrected chi connectivity index (χ4v) is 1.29. The number of nitrogens with two attached hydrogens (primary N) is 1. The predicted octanol–water partition coefficient (Wildman–Crippen LogP) is 1.13. The third-order valence-electron chi connectivity index (χ3n) is 1.88. The van der Waals surface area contributed by atoms with Crippen molar-refractivity contribution < 1.29 is 9.21 Å². The van der Waals surface area contributed by atoms with Crippen LogP contribution in [0.2, 0.25) is 0 Å². The van der Waals surface area contributed by atoms with Crippen molar-refractivity contribution in [2.24, 2.45) is 5.84 Å². The highest BCUT2D eigenvalue weighted by molar-refractivity contribution is 5.91. The van der Waals surface area contributed by atoms with Gasteiger partial charge in [0, 0.05) is 12.6 Å². The molecule has 2 rings (SSSR count). The van der Waals surface area contributed by atoms with E-state index in [-0.39, 0.29) is 0 Å². The smallest absolute Gasteiger partial charge is 0.333 e. The highest BCUT2D eigenvalue weighted by atomic mass is 16.3. The van der Waals surface area contributed by atoms with E-state index in [2.05, 4.69) is 10.3 Å². The highest BCUT2D eigenvalue weighted by Crippen LogP contribution is 2.19. The van der Waals surface area contributed by atoms with Crippen molar-refractivity contribution in [1.82, 2.24) is 10.4 Å². The van der Waals surface area contributed by atoms with Crippen molar-refractivity contribution in [3.8, 4) is 0 Å². The molecule has 0 saturated heterocycles. The summed E-state index contributed by atoms with van der Waals surface area (Å²) in [5, 5.41) is 2.54. The first-order valence-electron chi connectivity index (χ1n) is 4.34. The van der Waals surface area contributed by atoms with Gasteiger partial charge in [-0.15, -0.1) is 0 Å². The Hall–Kier alpha value is -2.08. The third kappa shape index (κ3) is 1.89. The number of fused-ring (bicyclic) bond motifs is 1. The van der Waals surface area contributed by atoms with Gasteiger partial charge in [0.05, 0.1) is 0 Å². The number of nitrogens with zero attached hydrogens (tertiary/aromatic N) is 1. The molecule has 0 radical (unpaired) electrons. The summed E-state index contributed by atoms with van der Waals surface area (Å²) in [6.07, 6.45) is 0. The lowest BCUT2D eigenvalue weighted by molar-refractivity contribution is 0.252. The number of hydrogen-bond acceptors (Lipinski definition) is 4. The lowest BCUT2D eigenvalue weighted by atomic mass is 10.3. The summed E-state index contributed by atoms with van der Waals surface area (Å²) in [6, 6.07) is 4.68. The molecule has 0 aliphatic heterocycles. The summed E-state index contributed by atoms with van der Waals surface area (Å²) in [7, 11) is 0. The number of aromatic nitrogens is 1. The van der Waals surface area contributed by atoms with Gasteiger partial charge in [-0.3, -0.25) is 5.43 Å². The zero-order valence-electron chi connectivity index (χ0n) is 8.07. The molecule has 0 aliphatic carbocycles. The van der Waals surface area contributed by atoms with Crippen molar-refractivity contribution in [3.05, 3.63) is 24.1 Å². The summed E-state index contributed by atoms with van der Waals surface area (Å²) in [5.74, 6) is 5.53. The van der Waals surface area contributed by atoms with Gasteiger partial charge in [0.25, 0.3) is 0 Å². The van der Waals surface area contributed by atoms with Crippen LogP contribution in [0.15, 0.2) is 22.6 Å². The molecular weight excluding hydrogens is 196 g/mol. The van der Waals surface area contributed by atoms with Gasteiger partial charge in [0.15, 0.2) is 11.5 Å². The minimum absolute atomic E-state index is 0.477. The van der Waals surface area contributed by atoms with Crippen LogP contribution in [0.25, 0.3) is 11.1 Å². The number of anilines is 1. The number of carbonyl (C=O) groups is 1. The van der Waals surface area contributed by atoms with E-state index in [0.717, 1.165) is 0 Å². The molecule has 2 aromatic rings. The normalized spacial score (nSPS) is 10.3. The maximum absolute atomic E-state index is 10.9. The second kappa shape index (κ2) is 3.58. The zero-order valence-corrected chi connectivity index (χ0v) is 8.07. The van der Waals surface area contributed by atoms with Gasteiger partial charge >= 0.3 is 6.03 Å². The first kappa shape index (κ1) is 9.47. The molecule has 1 aromatic carbocycles. The van der Waals surface area contributed by atoms with E-state index in [1.807, 2.05) is 5.43 Å². The summed E-state index contributed by atoms with van der Waals surface area (Å²) in [6.45, 7) is 1.76. The van der Waals surface area contributed by atoms with Crippen molar-refractivity contribution >= 4 is 22.8 Å². The average molecular weight is 206 g/mol. The van der Waals surface area contributed by atoms with Gasteiger partial charge in [-0.1, -0.05) is 0 Å². The van der Waals surface area contributed by atoms with Crippen molar-refractivity contribution in [3.63, 3.8) is 0 Å². The number of amides is 2. The van der Waals surface area contributed by atoms with E-state index >= 15 is 0 Å². The second-order valence-corrected chi connectivity index (χ2v) is 3.01. The monoisotopic (exact) mass is 206 g/mol. The number of hydrazine groups is 1. The first-order valence-corrected chi connectivity index (χ1v) is 4.34. The molecule has 1 heterocycles. The average Bonchev–Trinajstić information content (AvgIpc) is 2.57. The van der Waals surface area contributed by atoms with Gasteiger partial charge in [-0.2, -0.15) is 0 Å². The van der Waals surface area contributed by atoms with Crippen LogP contribution in [0, 0.1) is 6.92 Å². The van der Waals surface area contributed by atoms with Crippen LogP contribution in [0.4, 0.5) is 10.5 Å². The lowest BCUT2D eigenvalue weighted by Crippen LogP contribution is -2.34. The van der Waals surface area contributed by atoms with Crippen LogP contribution in [0.3, 0.4) is 0 Å². The molecule has 0 unspecified atom stereocenters. The minimum atomic E-state index is -0.477. The minimum Gasteiger partial charge on any atom is -0.441 e. The molecule has 0 saturated carbocycles. The predicted molar refractivity (Wildman–Crippen MR) is 55.1 cm³/mol. The number of rotatable bonds is 1. The topological polar surface area (TPSA) is 93.2 Å². The third-order valence-corrected chi connectivity index (χ3v) is 1.88. The molecule has 2 amide bonds. The molecule has 0 spiro atoms. The molecule has 15 heavy (non-hydrogen) atoms. The van der Waals surface area contributed by atoms with E-state index in [1.54, 1.807) is 25.1 Å². The maximum atomic E-state index is 10.9. The van der Waals surface area contributed by atoms with Crippen LogP contribution in [-0.2, 0) is 0 Å². The SMILES string of the molecule is Cc1nc2cc(NC(=O)NN)ccc2o1. The number of benzene rings is 1. The largest absolute Gasteiger partial charge is 0.441 e. The number of urea groups is 1. The molecule has 4 N–H and O–H groups in total. The number of aryl methyl sites for hydroxylation is 1. The van der Waals surface area contributed by atoms with Crippen LogP contribution in [0.5, 0.6) is 0 Å². The van der Waals surface area contributed by atoms with E-state index in [4.69, 9.17) is 10.3 Å². The molecule has 0 fully saturated rings. The molecule has 1 aromatic heterocycles. The molecule has 6 heteroatoms. The quantitative estimate of drug-likeness (QED) is 0.370. The Labute approximate surface area is 85.4 Å². The summed E-state index contributed by atoms with van der Waals surface area (Å²) >= 11 is 0. The molecular formula is C9H10N4O2. The summed E-state index contributed by atoms with van der Waals surface area (Å²) < 4.78 is 5.29. The van der Waals surface area contributed by atoms with E-state index in [9.17, 15) is 4.79 Å². The van der Waals surface area contributed by atoms with Crippen molar-refractivity contribution in [2.45, 2.75) is 6.92 Å². The summed E-state index contributed by atoms with van der Waals surface area (Å²) in [5.41, 5.74) is 3.97. The molecule has 0 bridgehead atoms. The lowest BCUT2D eigenvalue weighted by Gasteiger charge is -2.02. The highest BCUT2D eigenvalue weighted by Gasteiger charge is 2.04. The Morgan fingerprint density at radius 3 is 3.07 bits per heavy atom. The van der Waals surface area contributed by atoms with E-state index < -0.39 is 6.03 Å². The van der Waals surface area contributed by atoms with Gasteiger partial charge in [0.2, 0.25) is 0 Å². The van der Waals surface area contributed by atoms with Crippen molar-refractivity contribution in [1.29, 1.82) is 0 Å². The number of nitrogens with one attached hydrogen (secondary N) is 2. The van der Waals surface area contributed by atoms with Gasteiger partial charge in [-0.25, -0.2) is 15.6 Å². The number of oxazole rings is 1. The van der Waals surface area contributed by atoms with Crippen LogP contribution < -0.4 is 16.6 Å². The van der Waals surface area contributed by atoms with Gasteiger partial charge < -0.3 is 9.73 Å². The fourth-order valence-electron chi connectivity index (χ4n) is 1.29. The number of carbonyl (C=O) groups excluding carboxylic acids is 1. The van der Waals surface area contributed by atoms with E-state index in [1.165, 1.54) is 0 Å². The van der Waals surface area contributed by atoms with Gasteiger partial charge in [0.1, 0.15) is 5.52 Å². The van der Waals surface area contributed by atoms with Crippen LogP contribution >= 0.6 is 0 Å². The maximum Gasteiger partial charge on any atom is 0.333 e. The molecule has 78 valence electrons. The Balaban J connectivity index is 2.33. The standard InChI is InChI=1S/C9H10N4O2/c1-5-11-7-4-6(12-9(14)13-10)2-3-8(7)15-5/h2-4H,10H2,1H3,(H2,12,13,14). The Bertz CT molecular complexity index is 506. The van der Waals surface area contributed by atoms with Crippen LogP contribution in [0.1, 0.15) is 5.89 Å². The Morgan fingerprint density at radius 2 is 2.33 bits per heavy atom. The fraction of sp³-hybridized carbons (Fsp3) is 0.111. The Morgan fingerprint density at radius 1 is 1.53 bits per heavy atom. The molecule has 0 atom stereocenters. The number of hydrogen-bond donors (Lipinski definition) is 3. The first-order chi connectivity index (χ1) is 7.19. The zero-order chi connectivity index (χ0) is 10.8. The molecule has 0 aliphatic rings. The van der Waals surface area contributed by atoms with E-state index in [0.29, 0.717) is 22.7 Å². The van der Waals surface area contributed by atoms with Gasteiger partial charge in [-0.05, 0) is 18.2 Å².